The fourth-order valence-electron chi connectivity index (χ4n) is 2.60. The van der Waals surface area contributed by atoms with Gasteiger partial charge in [-0.15, -0.1) is 0 Å². The Morgan fingerprint density at radius 3 is 2.21 bits per heavy atom. The van der Waals surface area contributed by atoms with Gasteiger partial charge in [-0.3, -0.25) is 9.59 Å². The van der Waals surface area contributed by atoms with Gasteiger partial charge >= 0.3 is 5.97 Å². The number of ether oxygens (including phenoxy) is 3. The van der Waals surface area contributed by atoms with Gasteiger partial charge in [0.1, 0.15) is 6.61 Å². The third-order valence-corrected chi connectivity index (χ3v) is 4.12. The summed E-state index contributed by atoms with van der Waals surface area (Å²) in [7, 11) is 2.97. The summed E-state index contributed by atoms with van der Waals surface area (Å²) < 4.78 is 16.6. The van der Waals surface area contributed by atoms with E-state index in [0.717, 1.165) is 5.56 Å². The number of carbonyl (C=O) groups excluding carboxylic acids is 1. The maximum atomic E-state index is 12.5. The number of benzene rings is 2. The number of carboxylic acids is 1. The van der Waals surface area contributed by atoms with Crippen molar-refractivity contribution in [2.45, 2.75) is 32.4 Å². The Balaban J connectivity index is 2.16. The Morgan fingerprint density at radius 1 is 1.07 bits per heavy atom. The van der Waals surface area contributed by atoms with Crippen LogP contribution in [0.15, 0.2) is 42.5 Å². The van der Waals surface area contributed by atoms with Crippen LogP contribution in [0.2, 0.25) is 0 Å². The molecular formula is C21H25NO6. The molecule has 0 aliphatic heterocycles. The van der Waals surface area contributed by atoms with Gasteiger partial charge in [0.2, 0.25) is 5.75 Å². The molecule has 0 spiro atoms. The van der Waals surface area contributed by atoms with Crippen molar-refractivity contribution in [2.75, 3.05) is 14.2 Å². The van der Waals surface area contributed by atoms with Crippen molar-refractivity contribution >= 4 is 11.9 Å². The Bertz CT molecular complexity index is 781. The fourth-order valence-corrected chi connectivity index (χ4v) is 2.60. The van der Waals surface area contributed by atoms with Crippen molar-refractivity contribution < 1.29 is 28.9 Å². The van der Waals surface area contributed by atoms with Crippen molar-refractivity contribution in [3.8, 4) is 17.2 Å². The summed E-state index contributed by atoms with van der Waals surface area (Å²) in [6, 6.07) is 12.5. The number of hydrogen-bond donors (Lipinski definition) is 2. The quantitative estimate of drug-likeness (QED) is 0.650. The molecule has 0 aliphatic carbocycles. The first kappa shape index (κ1) is 21.1. The molecule has 150 valence electrons. The average Bonchev–Trinajstić information content (AvgIpc) is 2.70. The van der Waals surface area contributed by atoms with E-state index in [1.165, 1.54) is 14.2 Å². The minimum Gasteiger partial charge on any atom is -0.493 e. The molecule has 7 nitrogen and oxygen atoms in total. The SMILES string of the molecule is COc1cc(C(=O)NC(C)CCC(=O)O)cc(OC)c1OCc1ccccc1. The Hall–Kier alpha value is -3.22. The van der Waals surface area contributed by atoms with E-state index >= 15 is 0 Å². The van der Waals surface area contributed by atoms with Crippen molar-refractivity contribution in [2.24, 2.45) is 0 Å². The summed E-state index contributed by atoms with van der Waals surface area (Å²) in [4.78, 5) is 23.2. The summed E-state index contributed by atoms with van der Waals surface area (Å²) in [6.07, 6.45) is 0.327. The van der Waals surface area contributed by atoms with E-state index in [-0.39, 0.29) is 18.4 Å². The lowest BCUT2D eigenvalue weighted by molar-refractivity contribution is -0.137. The van der Waals surface area contributed by atoms with Gasteiger partial charge in [0.05, 0.1) is 14.2 Å². The number of rotatable bonds is 10. The lowest BCUT2D eigenvalue weighted by Gasteiger charge is -2.17. The number of hydrogen-bond acceptors (Lipinski definition) is 5. The lowest BCUT2D eigenvalue weighted by atomic mass is 10.1. The van der Waals surface area contributed by atoms with E-state index < -0.39 is 5.97 Å². The number of nitrogens with one attached hydrogen (secondary N) is 1. The van der Waals surface area contributed by atoms with Gasteiger partial charge < -0.3 is 24.6 Å². The van der Waals surface area contributed by atoms with Crippen LogP contribution in [0.1, 0.15) is 35.7 Å². The molecule has 28 heavy (non-hydrogen) atoms. The van der Waals surface area contributed by atoms with E-state index in [0.29, 0.717) is 35.8 Å². The largest absolute Gasteiger partial charge is 0.493 e. The second-order valence-corrected chi connectivity index (χ2v) is 6.29. The van der Waals surface area contributed by atoms with Gasteiger partial charge in [-0.25, -0.2) is 0 Å². The Kier molecular flexibility index (Phi) is 7.68. The number of carboxylic acid groups (broad SMARTS) is 1. The molecule has 1 amide bonds. The monoisotopic (exact) mass is 387 g/mol. The normalized spacial score (nSPS) is 11.4. The second-order valence-electron chi connectivity index (χ2n) is 6.29. The molecule has 0 saturated heterocycles. The van der Waals surface area contributed by atoms with Gasteiger partial charge in [-0.05, 0) is 31.0 Å². The highest BCUT2D eigenvalue weighted by Crippen LogP contribution is 2.39. The molecule has 0 radical (unpaired) electrons. The second kappa shape index (κ2) is 10.2. The Morgan fingerprint density at radius 2 is 1.68 bits per heavy atom. The zero-order chi connectivity index (χ0) is 20.5. The first-order chi connectivity index (χ1) is 13.4. The maximum Gasteiger partial charge on any atom is 0.303 e. The maximum absolute atomic E-state index is 12.5. The third kappa shape index (κ3) is 5.90. The predicted molar refractivity (Wildman–Crippen MR) is 104 cm³/mol. The van der Waals surface area contributed by atoms with Gasteiger partial charge in [-0.2, -0.15) is 0 Å². The molecule has 0 aliphatic rings. The van der Waals surface area contributed by atoms with Crippen LogP contribution in [0.25, 0.3) is 0 Å². The highest BCUT2D eigenvalue weighted by molar-refractivity contribution is 5.95. The number of amides is 1. The fraction of sp³-hybridized carbons (Fsp3) is 0.333. The van der Waals surface area contributed by atoms with E-state index in [9.17, 15) is 9.59 Å². The molecule has 1 atom stereocenters. The molecule has 0 fully saturated rings. The zero-order valence-electron chi connectivity index (χ0n) is 16.2. The molecule has 7 heteroatoms. The molecule has 2 aromatic carbocycles. The van der Waals surface area contributed by atoms with E-state index in [1.54, 1.807) is 19.1 Å². The standard InChI is InChI=1S/C21H25NO6/c1-14(9-10-19(23)24)22-21(25)16-11-17(26-2)20(18(12-16)27-3)28-13-15-7-5-4-6-8-15/h4-8,11-12,14H,9-10,13H2,1-3H3,(H,22,25)(H,23,24). The average molecular weight is 387 g/mol. The van der Waals surface area contributed by atoms with E-state index in [4.69, 9.17) is 19.3 Å². The van der Waals surface area contributed by atoms with Crippen LogP contribution < -0.4 is 19.5 Å². The van der Waals surface area contributed by atoms with E-state index in [1.807, 2.05) is 30.3 Å². The van der Waals surface area contributed by atoms with Crippen LogP contribution in [0.3, 0.4) is 0 Å². The molecule has 0 saturated carbocycles. The van der Waals surface area contributed by atoms with Crippen LogP contribution in [-0.2, 0) is 11.4 Å². The van der Waals surface area contributed by atoms with Crippen molar-refractivity contribution in [1.29, 1.82) is 0 Å². The topological polar surface area (TPSA) is 94.1 Å². The third-order valence-electron chi connectivity index (χ3n) is 4.12. The van der Waals surface area contributed by atoms with Crippen LogP contribution in [0, 0.1) is 0 Å². The highest BCUT2D eigenvalue weighted by atomic mass is 16.5. The van der Waals surface area contributed by atoms with Crippen molar-refractivity contribution in [3.05, 3.63) is 53.6 Å². The molecule has 2 N–H and O–H groups in total. The van der Waals surface area contributed by atoms with Gasteiger partial charge in [0, 0.05) is 18.0 Å². The summed E-state index contributed by atoms with van der Waals surface area (Å²) in [6.45, 7) is 2.08. The molecule has 0 bridgehead atoms. The summed E-state index contributed by atoms with van der Waals surface area (Å²) in [5.74, 6) is -0.0879. The van der Waals surface area contributed by atoms with Gasteiger partial charge in [-0.1, -0.05) is 30.3 Å². The lowest BCUT2D eigenvalue weighted by Crippen LogP contribution is -2.33. The summed E-state index contributed by atoms with van der Waals surface area (Å²) in [5, 5.41) is 11.5. The minimum atomic E-state index is -0.899. The van der Waals surface area contributed by atoms with Crippen molar-refractivity contribution in [1.82, 2.24) is 5.32 Å². The Labute approximate surface area is 164 Å². The first-order valence-electron chi connectivity index (χ1n) is 8.90. The van der Waals surface area contributed by atoms with Crippen LogP contribution in [0.4, 0.5) is 0 Å². The summed E-state index contributed by atoms with van der Waals surface area (Å²) in [5.41, 5.74) is 1.32. The van der Waals surface area contributed by atoms with E-state index in [2.05, 4.69) is 5.32 Å². The number of carbonyl (C=O) groups is 2. The molecule has 0 aromatic heterocycles. The molecule has 0 heterocycles. The van der Waals surface area contributed by atoms with Crippen LogP contribution in [0.5, 0.6) is 17.2 Å². The van der Waals surface area contributed by atoms with Crippen molar-refractivity contribution in [3.63, 3.8) is 0 Å². The highest BCUT2D eigenvalue weighted by Gasteiger charge is 2.19. The molecule has 2 aromatic rings. The number of aliphatic carboxylic acids is 1. The molecule has 1 unspecified atom stereocenters. The van der Waals surface area contributed by atoms with Gasteiger partial charge in [0.25, 0.3) is 5.91 Å². The zero-order valence-corrected chi connectivity index (χ0v) is 16.2. The first-order valence-corrected chi connectivity index (χ1v) is 8.90. The van der Waals surface area contributed by atoms with Gasteiger partial charge in [0.15, 0.2) is 11.5 Å². The van der Waals surface area contributed by atoms with Crippen LogP contribution >= 0.6 is 0 Å². The predicted octanol–water partition coefficient (Wildman–Crippen LogP) is 3.27. The molecule has 2 rings (SSSR count). The summed E-state index contributed by atoms with van der Waals surface area (Å²) >= 11 is 0. The molecular weight excluding hydrogens is 362 g/mol. The van der Waals surface area contributed by atoms with Crippen LogP contribution in [-0.4, -0.2) is 37.2 Å². The smallest absolute Gasteiger partial charge is 0.303 e. The number of methoxy groups -OCH3 is 2. The minimum absolute atomic E-state index is 0.0135.